The second-order valence-electron chi connectivity index (χ2n) is 7.37. The minimum Gasteiger partial charge on any atom is -0.442 e. The molecule has 0 bridgehead atoms. The van der Waals surface area contributed by atoms with Gasteiger partial charge in [-0.25, -0.2) is 9.18 Å². The largest absolute Gasteiger partial charge is 0.536 e. The SMILES string of the molecule is CC(SC(=O)NC[C@H]1CN(c2ccc(N3CCSCC3)c(F)c2)C(=O)O1)([P+](=O)O)P(=O)(O)O. The lowest BCUT2D eigenvalue weighted by Gasteiger charge is -2.29. The van der Waals surface area contributed by atoms with Gasteiger partial charge < -0.3 is 24.7 Å². The molecule has 3 atom stereocenters. The molecule has 2 aliphatic heterocycles. The molecule has 0 aromatic heterocycles. The maximum absolute atomic E-state index is 14.7. The molecule has 11 nitrogen and oxygen atoms in total. The number of halogens is 1. The summed E-state index contributed by atoms with van der Waals surface area (Å²) in [5.41, 5.74) is 0.755. The molecule has 3 rings (SSSR count). The van der Waals surface area contributed by atoms with Crippen LogP contribution in [0.25, 0.3) is 0 Å². The average Bonchev–Trinajstić information content (AvgIpc) is 3.12. The Balaban J connectivity index is 1.59. The zero-order valence-electron chi connectivity index (χ0n) is 17.4. The quantitative estimate of drug-likeness (QED) is 0.376. The Kier molecular flexibility index (Phi) is 8.32. The van der Waals surface area contributed by atoms with Crippen molar-refractivity contribution >= 4 is 61.9 Å². The van der Waals surface area contributed by atoms with Gasteiger partial charge in [-0.2, -0.15) is 16.7 Å². The molecule has 4 N–H and O–H groups in total. The molecule has 0 aliphatic carbocycles. The highest BCUT2D eigenvalue weighted by atomic mass is 32.2. The molecular weight excluding hydrogens is 519 g/mol. The summed E-state index contributed by atoms with van der Waals surface area (Å²) in [5, 5.41) is 1.35. The summed E-state index contributed by atoms with van der Waals surface area (Å²) < 4.78 is 40.3. The maximum atomic E-state index is 14.7. The Morgan fingerprint density at radius 3 is 2.67 bits per heavy atom. The van der Waals surface area contributed by atoms with E-state index in [9.17, 15) is 37.8 Å². The van der Waals surface area contributed by atoms with Crippen LogP contribution < -0.4 is 15.1 Å². The number of thioether (sulfide) groups is 2. The van der Waals surface area contributed by atoms with Gasteiger partial charge in [-0.3, -0.25) is 14.3 Å². The molecule has 0 saturated carbocycles. The lowest BCUT2D eigenvalue weighted by atomic mass is 10.2. The van der Waals surface area contributed by atoms with Gasteiger partial charge in [-0.05, 0) is 22.8 Å². The lowest BCUT2D eigenvalue weighted by Crippen LogP contribution is -2.34. The predicted octanol–water partition coefficient (Wildman–Crippen LogP) is 2.73. The topological polar surface area (TPSA) is 157 Å². The number of amides is 2. The third-order valence-corrected chi connectivity index (χ3v) is 11.6. The van der Waals surface area contributed by atoms with E-state index in [0.717, 1.165) is 31.5 Å². The molecule has 0 spiro atoms. The third kappa shape index (κ3) is 6.00. The fraction of sp³-hybridized carbons (Fsp3) is 0.529. The first-order chi connectivity index (χ1) is 15.4. The number of nitrogens with zero attached hydrogens (tertiary/aromatic N) is 2. The van der Waals surface area contributed by atoms with Crippen molar-refractivity contribution in [2.45, 2.75) is 17.3 Å². The van der Waals surface area contributed by atoms with E-state index in [1.807, 2.05) is 4.90 Å². The van der Waals surface area contributed by atoms with Gasteiger partial charge in [0.05, 0.1) is 24.5 Å². The molecule has 2 amide bonds. The summed E-state index contributed by atoms with van der Waals surface area (Å²) in [7, 11) is -8.48. The molecule has 33 heavy (non-hydrogen) atoms. The van der Waals surface area contributed by atoms with Crippen molar-refractivity contribution in [1.82, 2.24) is 5.32 Å². The van der Waals surface area contributed by atoms with Crippen molar-refractivity contribution in [2.75, 3.05) is 47.5 Å². The molecule has 2 fully saturated rings. The normalized spacial score (nSPS) is 21.4. The molecule has 2 saturated heterocycles. The Labute approximate surface area is 198 Å². The van der Waals surface area contributed by atoms with Crippen LogP contribution in [-0.4, -0.2) is 74.0 Å². The first-order valence-corrected chi connectivity index (χ1v) is 14.5. The number of carbonyl (C=O) groups excluding carboxylic acids is 2. The number of benzene rings is 1. The lowest BCUT2D eigenvalue weighted by molar-refractivity contribution is 0.141. The van der Waals surface area contributed by atoms with Crippen LogP contribution in [0, 0.1) is 5.82 Å². The van der Waals surface area contributed by atoms with Crippen molar-refractivity contribution in [3.63, 3.8) is 0 Å². The van der Waals surface area contributed by atoms with Gasteiger partial charge in [-0.15, -0.1) is 0 Å². The standard InChI is InChI=1S/C17H22FN3O8P2S2/c1-17(30(24)25,31(26,27)28)33-15(22)19-9-12-10-21(16(23)29-12)11-2-3-14(13(18)8-11)20-4-6-32-7-5-20/h2-3,8,12H,4-7,9-10H2,1H3,(H3-,19,22,24,25,26,27,28)/p+1/t12-,17?/m0/s1. The first kappa shape index (κ1) is 26.2. The van der Waals surface area contributed by atoms with Crippen LogP contribution in [0.4, 0.5) is 25.4 Å². The van der Waals surface area contributed by atoms with E-state index in [1.165, 1.54) is 11.0 Å². The van der Waals surface area contributed by atoms with Gasteiger partial charge in [0.25, 0.3) is 5.24 Å². The van der Waals surface area contributed by atoms with Crippen LogP contribution in [0.1, 0.15) is 6.92 Å². The molecule has 182 valence electrons. The van der Waals surface area contributed by atoms with Crippen molar-refractivity contribution in [2.24, 2.45) is 0 Å². The minimum absolute atomic E-state index is 0.00380. The molecule has 1 aromatic carbocycles. The molecule has 2 aliphatic rings. The van der Waals surface area contributed by atoms with Crippen LogP contribution in [-0.2, 0) is 13.9 Å². The minimum atomic E-state index is -5.09. The van der Waals surface area contributed by atoms with E-state index < -0.39 is 43.1 Å². The van der Waals surface area contributed by atoms with E-state index in [0.29, 0.717) is 11.4 Å². The number of carbonyl (C=O) groups is 2. The van der Waals surface area contributed by atoms with Crippen LogP contribution in [0.3, 0.4) is 0 Å². The van der Waals surface area contributed by atoms with Gasteiger partial charge in [0, 0.05) is 43.3 Å². The van der Waals surface area contributed by atoms with Crippen LogP contribution in [0.15, 0.2) is 18.2 Å². The van der Waals surface area contributed by atoms with Gasteiger partial charge in [0.2, 0.25) is 0 Å². The Hall–Kier alpha value is -1.40. The number of nitrogens with one attached hydrogen (secondary N) is 1. The van der Waals surface area contributed by atoms with E-state index >= 15 is 0 Å². The predicted molar refractivity (Wildman–Crippen MR) is 125 cm³/mol. The second-order valence-corrected chi connectivity index (χ2v) is 14.4. The Morgan fingerprint density at radius 1 is 1.42 bits per heavy atom. The fourth-order valence-electron chi connectivity index (χ4n) is 3.18. The number of hydrogen-bond acceptors (Lipinski definition) is 8. The van der Waals surface area contributed by atoms with Gasteiger partial charge in [-0.1, -0.05) is 0 Å². The highest BCUT2D eigenvalue weighted by Gasteiger charge is 2.62. The molecule has 2 heterocycles. The van der Waals surface area contributed by atoms with Crippen LogP contribution in [0.2, 0.25) is 0 Å². The molecule has 1 aromatic rings. The highest BCUT2D eigenvalue weighted by Crippen LogP contribution is 2.67. The second kappa shape index (κ2) is 10.5. The van der Waals surface area contributed by atoms with Crippen LogP contribution >= 0.6 is 39.1 Å². The van der Waals surface area contributed by atoms with Gasteiger partial charge in [0.1, 0.15) is 11.9 Å². The van der Waals surface area contributed by atoms with Gasteiger partial charge >= 0.3 is 25.9 Å². The Morgan fingerprint density at radius 2 is 2.09 bits per heavy atom. The zero-order chi connectivity index (χ0) is 24.4. The summed E-state index contributed by atoms with van der Waals surface area (Å²) in [6.07, 6.45) is -1.55. The number of anilines is 2. The average molecular weight is 542 g/mol. The summed E-state index contributed by atoms with van der Waals surface area (Å²) in [6, 6.07) is 4.47. The van der Waals surface area contributed by atoms with Crippen LogP contribution in [0.5, 0.6) is 0 Å². The summed E-state index contributed by atoms with van der Waals surface area (Å²) >= 11 is 1.81. The maximum Gasteiger partial charge on any atom is 0.536 e. The van der Waals surface area contributed by atoms with Gasteiger partial charge in [0.15, 0.2) is 0 Å². The highest BCUT2D eigenvalue weighted by molar-refractivity contribution is 8.23. The van der Waals surface area contributed by atoms with E-state index in [1.54, 1.807) is 23.9 Å². The van der Waals surface area contributed by atoms with Crippen molar-refractivity contribution in [1.29, 1.82) is 0 Å². The van der Waals surface area contributed by atoms with Crippen molar-refractivity contribution in [3.8, 4) is 0 Å². The molecule has 16 heteroatoms. The van der Waals surface area contributed by atoms with Crippen molar-refractivity contribution < 1.29 is 42.5 Å². The molecule has 0 radical (unpaired) electrons. The first-order valence-electron chi connectivity index (χ1n) is 9.71. The molecular formula is C17H23FN3O8P2S2+. The summed E-state index contributed by atoms with van der Waals surface area (Å²) in [4.78, 5) is 55.4. The fourth-order valence-corrected chi connectivity index (χ4v) is 6.77. The monoisotopic (exact) mass is 542 g/mol. The Bertz CT molecular complexity index is 993. The van der Waals surface area contributed by atoms with E-state index in [-0.39, 0.29) is 24.9 Å². The van der Waals surface area contributed by atoms with E-state index in [2.05, 4.69) is 5.32 Å². The smallest absolute Gasteiger partial charge is 0.442 e. The number of hydrogen-bond donors (Lipinski definition) is 4. The van der Waals surface area contributed by atoms with E-state index in [4.69, 9.17) is 4.74 Å². The number of cyclic esters (lactones) is 1. The summed E-state index contributed by atoms with van der Waals surface area (Å²) in [6.45, 7) is 2.08. The summed E-state index contributed by atoms with van der Waals surface area (Å²) in [5.74, 6) is 1.36. The number of rotatable bonds is 7. The van der Waals surface area contributed by atoms with Crippen molar-refractivity contribution in [3.05, 3.63) is 24.0 Å². The molecule has 2 unspecified atom stereocenters. The number of ether oxygens (including phenoxy) is 1. The third-order valence-electron chi connectivity index (χ3n) is 5.12. The zero-order valence-corrected chi connectivity index (χ0v) is 20.8.